The summed E-state index contributed by atoms with van der Waals surface area (Å²) in [6.45, 7) is 3.88. The van der Waals surface area contributed by atoms with Gasteiger partial charge in [-0.25, -0.2) is 0 Å². The number of carbonyl (C=O) groups excluding carboxylic acids is 1. The second-order valence-electron chi connectivity index (χ2n) is 4.68. The van der Waals surface area contributed by atoms with Crippen molar-refractivity contribution in [3.8, 4) is 0 Å². The number of nitrogen functional groups attached to an aromatic ring is 1. The summed E-state index contributed by atoms with van der Waals surface area (Å²) in [6, 6.07) is 13.5. The zero-order valence-electron chi connectivity index (χ0n) is 11.2. The van der Waals surface area contributed by atoms with E-state index >= 15 is 0 Å². The molecule has 0 fully saturated rings. The highest BCUT2D eigenvalue weighted by molar-refractivity contribution is 5.94. The maximum absolute atomic E-state index is 12.0. The Morgan fingerprint density at radius 1 is 1.11 bits per heavy atom. The highest BCUT2D eigenvalue weighted by atomic mass is 16.1. The molecule has 3 heteroatoms. The van der Waals surface area contributed by atoms with Crippen LogP contribution in [0.5, 0.6) is 0 Å². The van der Waals surface area contributed by atoms with Crippen molar-refractivity contribution in [3.63, 3.8) is 0 Å². The zero-order valence-corrected chi connectivity index (χ0v) is 11.2. The number of amides is 1. The number of nitrogens with one attached hydrogen (secondary N) is 1. The van der Waals surface area contributed by atoms with Crippen LogP contribution in [0, 0.1) is 13.8 Å². The maximum atomic E-state index is 12.0. The van der Waals surface area contributed by atoms with Crippen molar-refractivity contribution in [1.82, 2.24) is 0 Å². The van der Waals surface area contributed by atoms with Crippen molar-refractivity contribution < 1.29 is 4.79 Å². The Kier molecular flexibility index (Phi) is 3.85. The number of rotatable bonds is 3. The van der Waals surface area contributed by atoms with Gasteiger partial charge in [-0.05, 0) is 36.6 Å². The highest BCUT2D eigenvalue weighted by Crippen LogP contribution is 2.25. The van der Waals surface area contributed by atoms with Gasteiger partial charge in [0.1, 0.15) is 0 Å². The fourth-order valence-corrected chi connectivity index (χ4v) is 2.02. The van der Waals surface area contributed by atoms with Crippen molar-refractivity contribution in [3.05, 3.63) is 59.2 Å². The van der Waals surface area contributed by atoms with Crippen molar-refractivity contribution >= 4 is 17.3 Å². The molecule has 3 nitrogen and oxygen atoms in total. The van der Waals surface area contributed by atoms with Gasteiger partial charge in [0.05, 0.1) is 6.42 Å². The first kappa shape index (κ1) is 13.1. The third-order valence-electron chi connectivity index (χ3n) is 3.19. The molecule has 98 valence electrons. The van der Waals surface area contributed by atoms with E-state index in [1.807, 2.05) is 56.3 Å². The number of hydrogen-bond donors (Lipinski definition) is 2. The summed E-state index contributed by atoms with van der Waals surface area (Å²) < 4.78 is 0. The number of benzene rings is 2. The molecule has 0 spiro atoms. The minimum atomic E-state index is -0.0250. The molecule has 0 aromatic heterocycles. The molecule has 0 radical (unpaired) electrons. The minimum Gasteiger partial charge on any atom is -0.398 e. The molecule has 3 N–H and O–H groups in total. The standard InChI is InChI=1S/C16H18N2O/c1-11-8-9-14(17)12(2)16(11)18-15(19)10-13-6-4-3-5-7-13/h3-9H,10,17H2,1-2H3,(H,18,19). The molecule has 0 bridgehead atoms. The van der Waals surface area contributed by atoms with Gasteiger partial charge in [0.15, 0.2) is 0 Å². The summed E-state index contributed by atoms with van der Waals surface area (Å²) in [5, 5.41) is 2.95. The number of anilines is 2. The van der Waals surface area contributed by atoms with Crippen LogP contribution in [0.3, 0.4) is 0 Å². The van der Waals surface area contributed by atoms with Gasteiger partial charge in [0.2, 0.25) is 5.91 Å². The van der Waals surface area contributed by atoms with Crippen LogP contribution in [0.25, 0.3) is 0 Å². The lowest BCUT2D eigenvalue weighted by Crippen LogP contribution is -2.16. The van der Waals surface area contributed by atoms with Crippen molar-refractivity contribution in [2.75, 3.05) is 11.1 Å². The Hall–Kier alpha value is -2.29. The number of hydrogen-bond acceptors (Lipinski definition) is 2. The highest BCUT2D eigenvalue weighted by Gasteiger charge is 2.09. The molecule has 0 aliphatic heterocycles. The molecule has 0 atom stereocenters. The van der Waals surface area contributed by atoms with E-state index in [1.165, 1.54) is 0 Å². The Morgan fingerprint density at radius 2 is 1.79 bits per heavy atom. The Bertz CT molecular complexity index is 591. The average Bonchev–Trinajstić information content (AvgIpc) is 2.40. The van der Waals surface area contributed by atoms with Crippen LogP contribution in [-0.2, 0) is 11.2 Å². The molecule has 0 saturated carbocycles. The van der Waals surface area contributed by atoms with Gasteiger partial charge < -0.3 is 11.1 Å². The molecule has 1 amide bonds. The topological polar surface area (TPSA) is 55.1 Å². The third-order valence-corrected chi connectivity index (χ3v) is 3.19. The maximum Gasteiger partial charge on any atom is 0.228 e. The minimum absolute atomic E-state index is 0.0250. The van der Waals surface area contributed by atoms with E-state index in [-0.39, 0.29) is 5.91 Å². The molecular formula is C16H18N2O. The summed E-state index contributed by atoms with van der Waals surface area (Å²) in [5.41, 5.74) is 10.3. The SMILES string of the molecule is Cc1ccc(N)c(C)c1NC(=O)Cc1ccccc1. The van der Waals surface area contributed by atoms with Gasteiger partial charge in [-0.3, -0.25) is 4.79 Å². The van der Waals surface area contributed by atoms with Crippen molar-refractivity contribution in [1.29, 1.82) is 0 Å². The fraction of sp³-hybridized carbons (Fsp3) is 0.188. The second-order valence-corrected chi connectivity index (χ2v) is 4.68. The molecule has 0 unspecified atom stereocenters. The van der Waals surface area contributed by atoms with Gasteiger partial charge in [-0.1, -0.05) is 36.4 Å². The van der Waals surface area contributed by atoms with Crippen molar-refractivity contribution in [2.24, 2.45) is 0 Å². The van der Waals surface area contributed by atoms with Gasteiger partial charge in [0.25, 0.3) is 0 Å². The van der Waals surface area contributed by atoms with E-state index in [4.69, 9.17) is 5.73 Å². The van der Waals surface area contributed by atoms with E-state index in [1.54, 1.807) is 0 Å². The molecule has 0 saturated heterocycles. The average molecular weight is 254 g/mol. The van der Waals surface area contributed by atoms with E-state index in [2.05, 4.69) is 5.32 Å². The first-order chi connectivity index (χ1) is 9.08. The van der Waals surface area contributed by atoms with E-state index in [9.17, 15) is 4.79 Å². The molecule has 2 aromatic rings. The summed E-state index contributed by atoms with van der Waals surface area (Å²) in [5.74, 6) is -0.0250. The molecule has 0 aliphatic rings. The van der Waals surface area contributed by atoms with Gasteiger partial charge in [-0.15, -0.1) is 0 Å². The second kappa shape index (κ2) is 5.57. The van der Waals surface area contributed by atoms with Crippen LogP contribution < -0.4 is 11.1 Å². The molecule has 2 rings (SSSR count). The lowest BCUT2D eigenvalue weighted by molar-refractivity contribution is -0.115. The first-order valence-electron chi connectivity index (χ1n) is 6.27. The summed E-state index contributed by atoms with van der Waals surface area (Å²) in [6.07, 6.45) is 0.370. The van der Waals surface area contributed by atoms with Crippen LogP contribution in [0.2, 0.25) is 0 Å². The quantitative estimate of drug-likeness (QED) is 0.827. The van der Waals surface area contributed by atoms with Gasteiger partial charge in [-0.2, -0.15) is 0 Å². The predicted octanol–water partition coefficient (Wildman–Crippen LogP) is 3.07. The van der Waals surface area contributed by atoms with E-state index in [0.717, 1.165) is 22.4 Å². The fourth-order valence-electron chi connectivity index (χ4n) is 2.02. The third kappa shape index (κ3) is 3.13. The molecule has 0 aliphatic carbocycles. The summed E-state index contributed by atoms with van der Waals surface area (Å²) >= 11 is 0. The van der Waals surface area contributed by atoms with Crippen LogP contribution in [-0.4, -0.2) is 5.91 Å². The predicted molar refractivity (Wildman–Crippen MR) is 79.1 cm³/mol. The number of aryl methyl sites for hydroxylation is 1. The van der Waals surface area contributed by atoms with Crippen LogP contribution >= 0.6 is 0 Å². The lowest BCUT2D eigenvalue weighted by Gasteiger charge is -2.13. The smallest absolute Gasteiger partial charge is 0.228 e. The zero-order chi connectivity index (χ0) is 13.8. The number of carbonyl (C=O) groups is 1. The Balaban J connectivity index is 2.14. The van der Waals surface area contributed by atoms with Crippen molar-refractivity contribution in [2.45, 2.75) is 20.3 Å². The lowest BCUT2D eigenvalue weighted by atomic mass is 10.1. The Morgan fingerprint density at radius 3 is 2.47 bits per heavy atom. The summed E-state index contributed by atoms with van der Waals surface area (Å²) in [7, 11) is 0. The molecular weight excluding hydrogens is 236 g/mol. The largest absolute Gasteiger partial charge is 0.398 e. The monoisotopic (exact) mass is 254 g/mol. The van der Waals surface area contributed by atoms with Crippen LogP contribution in [0.4, 0.5) is 11.4 Å². The van der Waals surface area contributed by atoms with Gasteiger partial charge >= 0.3 is 0 Å². The summed E-state index contributed by atoms with van der Waals surface area (Å²) in [4.78, 5) is 12.0. The molecule has 0 heterocycles. The number of nitrogens with two attached hydrogens (primary N) is 1. The van der Waals surface area contributed by atoms with E-state index < -0.39 is 0 Å². The normalized spacial score (nSPS) is 10.2. The van der Waals surface area contributed by atoms with E-state index in [0.29, 0.717) is 12.1 Å². The molecule has 19 heavy (non-hydrogen) atoms. The van der Waals surface area contributed by atoms with Crippen LogP contribution in [0.15, 0.2) is 42.5 Å². The Labute approximate surface area is 113 Å². The molecule has 2 aromatic carbocycles. The first-order valence-corrected chi connectivity index (χ1v) is 6.27. The van der Waals surface area contributed by atoms with Crippen LogP contribution in [0.1, 0.15) is 16.7 Å². The van der Waals surface area contributed by atoms with Gasteiger partial charge in [0, 0.05) is 11.4 Å².